The monoisotopic (exact) mass is 542 g/mol. The lowest BCUT2D eigenvalue weighted by molar-refractivity contribution is -0.270. The number of benzene rings is 1. The Bertz CT molecular complexity index is 1140. The third kappa shape index (κ3) is 7.46. The van der Waals surface area contributed by atoms with Crippen molar-refractivity contribution in [1.29, 1.82) is 0 Å². The second-order valence-corrected chi connectivity index (χ2v) is 11.4. The van der Waals surface area contributed by atoms with Crippen LogP contribution in [0.3, 0.4) is 0 Å². The molecule has 13 heteroatoms. The van der Waals surface area contributed by atoms with Crippen molar-refractivity contribution >= 4 is 30.4 Å². The number of carbonyl (C=O) groups is 2. The average Bonchev–Trinajstić information content (AvgIpc) is 3.22. The van der Waals surface area contributed by atoms with Crippen LogP contribution < -0.4 is 5.09 Å². The zero-order valence-corrected chi connectivity index (χ0v) is 21.7. The van der Waals surface area contributed by atoms with Crippen molar-refractivity contribution in [3.05, 3.63) is 36.0 Å². The molecule has 0 saturated carbocycles. The molecule has 3 rings (SSSR count). The highest BCUT2D eigenvalue weighted by molar-refractivity contribution is 7.50. The summed E-state index contributed by atoms with van der Waals surface area (Å²) >= 11 is 0. The van der Waals surface area contributed by atoms with Crippen molar-refractivity contribution in [3.63, 3.8) is 0 Å². The number of hydrogen-bond donors (Lipinski definition) is 7. The number of aromatic amines is 1. The molecule has 1 aliphatic rings. The van der Waals surface area contributed by atoms with Crippen molar-refractivity contribution < 1.29 is 48.7 Å². The highest BCUT2D eigenvalue weighted by Gasteiger charge is 2.45. The second-order valence-electron chi connectivity index (χ2n) is 9.89. The van der Waals surface area contributed by atoms with E-state index in [1.54, 1.807) is 20.0 Å². The molecule has 0 spiro atoms. The number of rotatable bonds is 12. The maximum Gasteiger partial charge on any atom is 0.405 e. The van der Waals surface area contributed by atoms with Gasteiger partial charge in [-0.25, -0.2) is 9.65 Å². The van der Waals surface area contributed by atoms with E-state index in [0.717, 1.165) is 16.5 Å². The van der Waals surface area contributed by atoms with Crippen molar-refractivity contribution in [3.8, 4) is 0 Å². The zero-order chi connectivity index (χ0) is 27.5. The Hall–Kier alpha value is -2.15. The molecule has 1 fully saturated rings. The van der Waals surface area contributed by atoms with E-state index in [-0.39, 0.29) is 18.8 Å². The molecule has 37 heavy (non-hydrogen) atoms. The van der Waals surface area contributed by atoms with Gasteiger partial charge in [0.25, 0.3) is 0 Å². The van der Waals surface area contributed by atoms with Crippen LogP contribution in [0.2, 0.25) is 0 Å². The van der Waals surface area contributed by atoms with E-state index >= 15 is 0 Å². The molecular formula is C24H35N2O10P. The molecule has 1 saturated heterocycles. The van der Waals surface area contributed by atoms with E-state index < -0.39 is 68.6 Å². The highest BCUT2D eigenvalue weighted by atomic mass is 31.2. The van der Waals surface area contributed by atoms with Gasteiger partial charge in [0, 0.05) is 23.5 Å². The summed E-state index contributed by atoms with van der Waals surface area (Å²) in [5, 5.41) is 42.8. The number of H-pyrrole nitrogens is 1. The molecule has 1 aliphatic heterocycles. The fourth-order valence-corrected chi connectivity index (χ4v) is 5.55. The molecule has 1 aromatic carbocycles. The molecule has 0 radical (unpaired) electrons. The average molecular weight is 543 g/mol. The van der Waals surface area contributed by atoms with Gasteiger partial charge in [-0.15, -0.1) is 0 Å². The number of hydrogen-bond acceptors (Lipinski definition) is 8. The number of aromatic nitrogens is 1. The number of Topliss-reactive ketones (excluding diaryl/α,β-unsaturated/α-hetero) is 1. The lowest BCUT2D eigenvalue weighted by Crippen LogP contribution is -2.57. The van der Waals surface area contributed by atoms with Gasteiger partial charge >= 0.3 is 13.7 Å². The summed E-state index contributed by atoms with van der Waals surface area (Å²) in [5.41, 5.74) is 1.57. The van der Waals surface area contributed by atoms with E-state index in [0.29, 0.717) is 0 Å². The summed E-state index contributed by atoms with van der Waals surface area (Å²) in [5.74, 6) is -2.95. The van der Waals surface area contributed by atoms with Crippen molar-refractivity contribution in [1.82, 2.24) is 10.1 Å². The number of carbonyl (C=O) groups excluding carboxylic acids is 1. The minimum Gasteiger partial charge on any atom is -0.481 e. The largest absolute Gasteiger partial charge is 0.481 e. The summed E-state index contributed by atoms with van der Waals surface area (Å²) in [6, 6.07) is 6.15. The van der Waals surface area contributed by atoms with Gasteiger partial charge in [-0.3, -0.25) is 14.1 Å². The van der Waals surface area contributed by atoms with E-state index in [9.17, 15) is 39.5 Å². The van der Waals surface area contributed by atoms with Crippen LogP contribution in [-0.4, -0.2) is 78.8 Å². The van der Waals surface area contributed by atoms with Crippen molar-refractivity contribution in [2.75, 3.05) is 0 Å². The van der Waals surface area contributed by atoms with E-state index in [1.807, 2.05) is 24.3 Å². The fraction of sp³-hybridized carbons (Fsp3) is 0.583. The molecule has 2 unspecified atom stereocenters. The predicted octanol–water partition coefficient (Wildman–Crippen LogP) is 1.32. The van der Waals surface area contributed by atoms with E-state index in [4.69, 9.17) is 9.26 Å². The zero-order valence-electron chi connectivity index (χ0n) is 20.9. The Morgan fingerprint density at radius 3 is 2.49 bits per heavy atom. The Morgan fingerprint density at radius 1 is 1.16 bits per heavy atom. The van der Waals surface area contributed by atoms with Crippen LogP contribution in [0, 0.1) is 11.8 Å². The van der Waals surface area contributed by atoms with Gasteiger partial charge in [0.2, 0.25) is 0 Å². The van der Waals surface area contributed by atoms with Crippen LogP contribution in [0.15, 0.2) is 30.5 Å². The number of carboxylic acid groups (broad SMARTS) is 1. The Morgan fingerprint density at radius 2 is 1.84 bits per heavy atom. The number of ketones is 1. The highest BCUT2D eigenvalue weighted by Crippen LogP contribution is 2.42. The lowest BCUT2D eigenvalue weighted by atomic mass is 9.90. The Labute approximate surface area is 214 Å². The molecule has 206 valence electrons. The molecule has 0 bridgehead atoms. The van der Waals surface area contributed by atoms with E-state index in [1.165, 1.54) is 6.92 Å². The molecule has 2 heterocycles. The normalized spacial score (nSPS) is 27.6. The standard InChI is InChI=1S/C24H35N2O10P/c1-12(2)8-18(26-37(33,34)36-24-22(30)21(29)20(28)13(3)35-24)19(27)10-14(23(31)32)9-15-11-25-17-7-5-4-6-16(15)17/h4-7,11-14,18,20-22,24-25,28-30H,8-10H2,1-3H3,(H,31,32)(H2,26,33,34)/t13-,14+,18-,20-,21+,22+,24?/m0/s1. The van der Waals surface area contributed by atoms with Gasteiger partial charge in [0.1, 0.15) is 18.3 Å². The summed E-state index contributed by atoms with van der Waals surface area (Å²) in [6.07, 6.45) is -6.19. The summed E-state index contributed by atoms with van der Waals surface area (Å²) in [4.78, 5) is 38.7. The first-order valence-electron chi connectivity index (χ1n) is 12.1. The molecule has 0 aliphatic carbocycles. The third-order valence-electron chi connectivity index (χ3n) is 6.41. The molecule has 8 atom stereocenters. The number of aliphatic carboxylic acids is 1. The van der Waals surface area contributed by atoms with Gasteiger partial charge in [0.15, 0.2) is 12.1 Å². The van der Waals surface area contributed by atoms with Gasteiger partial charge in [-0.05, 0) is 37.3 Å². The first kappa shape index (κ1) is 29.4. The summed E-state index contributed by atoms with van der Waals surface area (Å²) in [7, 11) is -4.79. The molecule has 7 N–H and O–H groups in total. The van der Waals surface area contributed by atoms with Gasteiger partial charge in [-0.1, -0.05) is 32.0 Å². The summed E-state index contributed by atoms with van der Waals surface area (Å²) in [6.45, 7) is 4.97. The van der Waals surface area contributed by atoms with Gasteiger partial charge in [0.05, 0.1) is 18.1 Å². The minimum atomic E-state index is -4.79. The molecule has 12 nitrogen and oxygen atoms in total. The SMILES string of the molecule is CC(C)C[C@H](NP(=O)(O)OC1O[C@@H](C)[C@H](O)[C@@H](O)[C@H]1O)C(=O)C[C@@H](Cc1c[nH]c2ccccc12)C(=O)O. The first-order valence-corrected chi connectivity index (χ1v) is 13.7. The fourth-order valence-electron chi connectivity index (χ4n) is 4.39. The van der Waals surface area contributed by atoms with Gasteiger partial charge < -0.3 is 35.0 Å². The number of nitrogens with one attached hydrogen (secondary N) is 2. The second kappa shape index (κ2) is 12.1. The lowest BCUT2D eigenvalue weighted by Gasteiger charge is -2.39. The van der Waals surface area contributed by atoms with Crippen LogP contribution in [0.1, 0.15) is 39.2 Å². The number of fused-ring (bicyclic) bond motifs is 1. The smallest absolute Gasteiger partial charge is 0.405 e. The maximum absolute atomic E-state index is 13.2. The third-order valence-corrected chi connectivity index (χ3v) is 7.54. The van der Waals surface area contributed by atoms with Crippen LogP contribution >= 0.6 is 7.75 Å². The van der Waals surface area contributed by atoms with Gasteiger partial charge in [-0.2, -0.15) is 0 Å². The number of ether oxygens (including phenoxy) is 1. The maximum atomic E-state index is 13.2. The number of aliphatic hydroxyl groups excluding tert-OH is 3. The number of aliphatic hydroxyl groups is 3. The van der Waals surface area contributed by atoms with Crippen LogP contribution in [0.4, 0.5) is 0 Å². The molecule has 2 aromatic rings. The summed E-state index contributed by atoms with van der Waals surface area (Å²) < 4.78 is 23.1. The van der Waals surface area contributed by atoms with E-state index in [2.05, 4.69) is 10.1 Å². The van der Waals surface area contributed by atoms with Crippen molar-refractivity contribution in [2.24, 2.45) is 11.8 Å². The molecule has 0 amide bonds. The molecular weight excluding hydrogens is 507 g/mol. The first-order chi connectivity index (χ1) is 17.3. The number of para-hydroxylation sites is 1. The Balaban J connectivity index is 1.72. The Kier molecular flexibility index (Phi) is 9.65. The van der Waals surface area contributed by atoms with Crippen molar-refractivity contribution in [2.45, 2.75) is 76.8 Å². The topological polar surface area (TPSA) is 199 Å². The number of carboxylic acids is 1. The molecule has 1 aromatic heterocycles. The van der Waals surface area contributed by atoms with Crippen LogP contribution in [-0.2, 0) is 29.8 Å². The van der Waals surface area contributed by atoms with Crippen LogP contribution in [0.25, 0.3) is 10.9 Å². The minimum absolute atomic E-state index is 0.0764. The predicted molar refractivity (Wildman–Crippen MR) is 132 cm³/mol. The quantitative estimate of drug-likeness (QED) is 0.191. The van der Waals surface area contributed by atoms with Crippen LogP contribution in [0.5, 0.6) is 0 Å².